The second-order valence-electron chi connectivity index (χ2n) is 7.10. The largest absolute Gasteiger partial charge is 0.326 e. The molecule has 0 amide bonds. The number of aryl methyl sites for hydroxylation is 2. The fourth-order valence-electron chi connectivity index (χ4n) is 3.29. The van der Waals surface area contributed by atoms with E-state index < -0.39 is 0 Å². The Kier molecular flexibility index (Phi) is 4.68. The summed E-state index contributed by atoms with van der Waals surface area (Å²) in [5.41, 5.74) is 14.6. The molecular weight excluding hydrogens is 292 g/mol. The van der Waals surface area contributed by atoms with Gasteiger partial charge in [0.1, 0.15) is 0 Å². The molecule has 0 fully saturated rings. The zero-order valence-electron chi connectivity index (χ0n) is 15.1. The van der Waals surface area contributed by atoms with E-state index in [9.17, 15) is 0 Å². The third-order valence-electron chi connectivity index (χ3n) is 4.47. The zero-order chi connectivity index (χ0) is 17.3. The highest BCUT2D eigenvalue weighted by Gasteiger charge is 2.16. The molecule has 0 aliphatic rings. The van der Waals surface area contributed by atoms with Gasteiger partial charge in [-0.1, -0.05) is 55.3 Å². The van der Waals surface area contributed by atoms with Gasteiger partial charge in [-0.2, -0.15) is 0 Å². The molecule has 0 unspecified atom stereocenters. The molecule has 0 aliphatic heterocycles. The second-order valence-corrected chi connectivity index (χ2v) is 7.10. The van der Waals surface area contributed by atoms with Gasteiger partial charge >= 0.3 is 0 Å². The lowest BCUT2D eigenvalue weighted by molar-refractivity contribution is 0.632. The summed E-state index contributed by atoms with van der Waals surface area (Å²) in [7, 11) is 0. The Morgan fingerprint density at radius 2 is 1.62 bits per heavy atom. The van der Waals surface area contributed by atoms with E-state index in [-0.39, 0.29) is 0 Å². The molecule has 0 saturated carbocycles. The Morgan fingerprint density at radius 1 is 0.958 bits per heavy atom. The van der Waals surface area contributed by atoms with E-state index in [0.29, 0.717) is 12.5 Å². The third-order valence-corrected chi connectivity index (χ3v) is 4.47. The van der Waals surface area contributed by atoms with Crippen LogP contribution in [0, 0.1) is 19.8 Å². The molecule has 3 aromatic rings. The highest BCUT2D eigenvalue weighted by molar-refractivity contribution is 5.97. The number of aromatic nitrogens is 1. The van der Waals surface area contributed by atoms with Gasteiger partial charge in [0, 0.05) is 17.6 Å². The van der Waals surface area contributed by atoms with Crippen LogP contribution in [-0.2, 0) is 13.0 Å². The van der Waals surface area contributed by atoms with Crippen molar-refractivity contribution in [2.45, 2.75) is 40.7 Å². The number of pyridine rings is 1. The minimum Gasteiger partial charge on any atom is -0.326 e. The smallest absolute Gasteiger partial charge is 0.0711 e. The first-order valence-corrected chi connectivity index (χ1v) is 8.68. The lowest BCUT2D eigenvalue weighted by Gasteiger charge is -2.18. The van der Waals surface area contributed by atoms with Crippen LogP contribution in [0.2, 0.25) is 0 Å². The molecular formula is C22H26N2. The first kappa shape index (κ1) is 16.7. The summed E-state index contributed by atoms with van der Waals surface area (Å²) in [6.45, 7) is 9.22. The van der Waals surface area contributed by atoms with Crippen molar-refractivity contribution >= 4 is 10.9 Å². The number of hydrogen-bond donors (Lipinski definition) is 1. The predicted molar refractivity (Wildman–Crippen MR) is 103 cm³/mol. The number of nitrogens with zero attached hydrogens (tertiary/aromatic N) is 1. The topological polar surface area (TPSA) is 38.9 Å². The third kappa shape index (κ3) is 3.20. The summed E-state index contributed by atoms with van der Waals surface area (Å²) in [5.74, 6) is 0.552. The molecule has 0 bridgehead atoms. The molecule has 2 aromatic carbocycles. The van der Waals surface area contributed by atoms with Crippen LogP contribution in [0.3, 0.4) is 0 Å². The summed E-state index contributed by atoms with van der Waals surface area (Å²) < 4.78 is 0. The lowest BCUT2D eigenvalue weighted by Crippen LogP contribution is -2.10. The van der Waals surface area contributed by atoms with Gasteiger partial charge in [-0.3, -0.25) is 4.98 Å². The van der Waals surface area contributed by atoms with Crippen molar-refractivity contribution in [3.63, 3.8) is 0 Å². The van der Waals surface area contributed by atoms with E-state index in [1.807, 2.05) is 0 Å². The van der Waals surface area contributed by atoms with Crippen LogP contribution >= 0.6 is 0 Å². The molecule has 1 heterocycles. The monoisotopic (exact) mass is 318 g/mol. The first-order chi connectivity index (χ1) is 11.5. The molecule has 2 nitrogen and oxygen atoms in total. The Balaban J connectivity index is 2.36. The molecule has 2 N–H and O–H groups in total. The van der Waals surface area contributed by atoms with Gasteiger partial charge < -0.3 is 5.73 Å². The van der Waals surface area contributed by atoms with Gasteiger partial charge in [-0.25, -0.2) is 0 Å². The average Bonchev–Trinajstić information content (AvgIpc) is 2.54. The number of hydrogen-bond acceptors (Lipinski definition) is 2. The second kappa shape index (κ2) is 6.74. The number of rotatable bonds is 4. The normalized spacial score (nSPS) is 11.4. The molecule has 2 heteroatoms. The van der Waals surface area contributed by atoms with E-state index >= 15 is 0 Å². The van der Waals surface area contributed by atoms with E-state index in [2.05, 4.69) is 70.2 Å². The van der Waals surface area contributed by atoms with Crippen LogP contribution in [0.25, 0.3) is 22.0 Å². The highest BCUT2D eigenvalue weighted by Crippen LogP contribution is 2.34. The lowest BCUT2D eigenvalue weighted by atomic mass is 9.91. The van der Waals surface area contributed by atoms with Gasteiger partial charge in [0.05, 0.1) is 5.52 Å². The number of nitrogens with two attached hydrogens (primary N) is 1. The van der Waals surface area contributed by atoms with Crippen LogP contribution in [0.4, 0.5) is 0 Å². The van der Waals surface area contributed by atoms with Crippen molar-refractivity contribution in [1.29, 1.82) is 0 Å². The molecule has 0 aliphatic carbocycles. The van der Waals surface area contributed by atoms with Gasteiger partial charge in [-0.15, -0.1) is 0 Å². The van der Waals surface area contributed by atoms with Crippen LogP contribution in [0.1, 0.15) is 36.2 Å². The van der Waals surface area contributed by atoms with E-state index in [0.717, 1.165) is 17.6 Å². The summed E-state index contributed by atoms with van der Waals surface area (Å²) in [4.78, 5) is 4.95. The van der Waals surface area contributed by atoms with E-state index in [1.165, 1.54) is 33.2 Å². The van der Waals surface area contributed by atoms with Crippen molar-refractivity contribution in [1.82, 2.24) is 4.98 Å². The molecule has 0 spiro atoms. The van der Waals surface area contributed by atoms with Crippen LogP contribution in [-0.4, -0.2) is 4.98 Å². The molecule has 24 heavy (non-hydrogen) atoms. The maximum atomic E-state index is 6.18. The maximum Gasteiger partial charge on any atom is 0.0711 e. The van der Waals surface area contributed by atoms with Gasteiger partial charge in [-0.05, 0) is 55.0 Å². The minimum absolute atomic E-state index is 0.516. The molecule has 1 aromatic heterocycles. The standard InChI is InChI=1S/C22H26N2/c1-14(2)11-21-19(13-23)22(17-8-5-15(3)6-9-17)18-12-16(4)7-10-20(18)24-21/h5-10,12,14H,11,13,23H2,1-4H3. The molecule has 0 radical (unpaired) electrons. The van der Waals surface area contributed by atoms with E-state index in [4.69, 9.17) is 10.7 Å². The Bertz CT molecular complexity index is 861. The Labute approximate surface area is 144 Å². The fourth-order valence-corrected chi connectivity index (χ4v) is 3.29. The summed E-state index contributed by atoms with van der Waals surface area (Å²) >= 11 is 0. The highest BCUT2D eigenvalue weighted by atomic mass is 14.7. The molecule has 0 atom stereocenters. The van der Waals surface area contributed by atoms with Gasteiger partial charge in [0.15, 0.2) is 0 Å². The van der Waals surface area contributed by atoms with Crippen molar-refractivity contribution in [2.24, 2.45) is 11.7 Å². The minimum atomic E-state index is 0.516. The van der Waals surface area contributed by atoms with Crippen LogP contribution in [0.5, 0.6) is 0 Å². The quantitative estimate of drug-likeness (QED) is 0.720. The van der Waals surface area contributed by atoms with Crippen molar-refractivity contribution in [2.75, 3.05) is 0 Å². The van der Waals surface area contributed by atoms with Crippen LogP contribution < -0.4 is 5.73 Å². The molecule has 124 valence electrons. The first-order valence-electron chi connectivity index (χ1n) is 8.68. The average molecular weight is 318 g/mol. The van der Waals surface area contributed by atoms with Crippen molar-refractivity contribution in [3.05, 3.63) is 64.8 Å². The SMILES string of the molecule is Cc1ccc(-c2c(CN)c(CC(C)C)nc3ccc(C)cc23)cc1. The van der Waals surface area contributed by atoms with Crippen molar-refractivity contribution < 1.29 is 0 Å². The molecule has 3 rings (SSSR count). The maximum absolute atomic E-state index is 6.18. The summed E-state index contributed by atoms with van der Waals surface area (Å²) in [5, 5.41) is 1.20. The van der Waals surface area contributed by atoms with E-state index in [1.54, 1.807) is 0 Å². The van der Waals surface area contributed by atoms with Crippen molar-refractivity contribution in [3.8, 4) is 11.1 Å². The number of benzene rings is 2. The Morgan fingerprint density at radius 3 is 2.25 bits per heavy atom. The number of fused-ring (bicyclic) bond motifs is 1. The van der Waals surface area contributed by atoms with Crippen LogP contribution in [0.15, 0.2) is 42.5 Å². The summed E-state index contributed by atoms with van der Waals surface area (Å²) in [6, 6.07) is 15.2. The fraction of sp³-hybridized carbons (Fsp3) is 0.318. The van der Waals surface area contributed by atoms with Gasteiger partial charge in [0.25, 0.3) is 0 Å². The molecule has 0 saturated heterocycles. The zero-order valence-corrected chi connectivity index (χ0v) is 15.1. The predicted octanol–water partition coefficient (Wildman–Crippen LogP) is 5.18. The summed E-state index contributed by atoms with van der Waals surface area (Å²) in [6.07, 6.45) is 0.954. The van der Waals surface area contributed by atoms with Gasteiger partial charge in [0.2, 0.25) is 0 Å². The Hall–Kier alpha value is -2.19.